The number of nitrogens with one attached hydrogen (secondary N) is 2. The normalized spacial score (nSPS) is 33.7. The highest BCUT2D eigenvalue weighted by Crippen LogP contribution is 2.51. The molecule has 2 saturated heterocycles. The summed E-state index contributed by atoms with van der Waals surface area (Å²) in [6.45, 7) is 5.07. The molecule has 26 heavy (non-hydrogen) atoms. The van der Waals surface area contributed by atoms with E-state index in [1.165, 1.54) is 11.1 Å². The molecular formula is C21H31N3O2. The third-order valence-corrected chi connectivity index (χ3v) is 7.23. The topological polar surface area (TPSA) is 64.6 Å². The second-order valence-corrected chi connectivity index (χ2v) is 8.48. The Labute approximate surface area is 156 Å². The van der Waals surface area contributed by atoms with Crippen molar-refractivity contribution in [2.24, 2.45) is 5.92 Å². The summed E-state index contributed by atoms with van der Waals surface area (Å²) < 4.78 is 0. The number of hydrogen-bond acceptors (Lipinski definition) is 4. The molecule has 2 fully saturated rings. The molecule has 2 heterocycles. The van der Waals surface area contributed by atoms with E-state index in [0.717, 1.165) is 45.2 Å². The molecule has 1 amide bonds. The average Bonchev–Trinajstić information content (AvgIpc) is 3.15. The van der Waals surface area contributed by atoms with Crippen LogP contribution in [0.15, 0.2) is 18.2 Å². The minimum absolute atomic E-state index is 0.0159. The zero-order valence-electron chi connectivity index (χ0n) is 15.9. The van der Waals surface area contributed by atoms with Gasteiger partial charge in [0, 0.05) is 18.0 Å². The third kappa shape index (κ3) is 2.91. The molecule has 1 aliphatic carbocycles. The summed E-state index contributed by atoms with van der Waals surface area (Å²) >= 11 is 0. The predicted molar refractivity (Wildman–Crippen MR) is 102 cm³/mol. The predicted octanol–water partition coefficient (Wildman–Crippen LogP) is 1.78. The van der Waals surface area contributed by atoms with Gasteiger partial charge in [0.2, 0.25) is 5.91 Å². The summed E-state index contributed by atoms with van der Waals surface area (Å²) in [5.74, 6) is 1.01. The monoisotopic (exact) mass is 357 g/mol. The standard InChI is InChI=1S/C21H31N3O2/c1-14-19-12-15-5-6-16(25)13-17(15)21(14,8-11-24(19)2)7-10-23-20(26)18-4-3-9-22-18/h5-6,13-14,18-19,22,25H,3-4,7-12H2,1-2H3,(H,23,26)/t14-,18-,19+,21-/m0/s1. The summed E-state index contributed by atoms with van der Waals surface area (Å²) in [5, 5.41) is 16.5. The third-order valence-electron chi connectivity index (χ3n) is 7.23. The van der Waals surface area contributed by atoms with Crippen molar-refractivity contribution in [2.75, 3.05) is 26.7 Å². The number of hydrogen-bond donors (Lipinski definition) is 3. The van der Waals surface area contributed by atoms with Crippen molar-refractivity contribution in [1.82, 2.24) is 15.5 Å². The molecule has 0 aromatic heterocycles. The highest BCUT2D eigenvalue weighted by atomic mass is 16.3. The van der Waals surface area contributed by atoms with Crippen LogP contribution in [-0.2, 0) is 16.6 Å². The number of benzene rings is 1. The van der Waals surface area contributed by atoms with Gasteiger partial charge in [-0.25, -0.2) is 0 Å². The number of likely N-dealkylation sites (tertiary alicyclic amines) is 1. The van der Waals surface area contributed by atoms with Gasteiger partial charge in [-0.3, -0.25) is 4.79 Å². The van der Waals surface area contributed by atoms with Gasteiger partial charge in [-0.2, -0.15) is 0 Å². The Morgan fingerprint density at radius 1 is 1.46 bits per heavy atom. The number of likely N-dealkylation sites (N-methyl/N-ethyl adjacent to an activating group) is 1. The molecule has 0 radical (unpaired) electrons. The van der Waals surface area contributed by atoms with E-state index in [9.17, 15) is 9.90 Å². The van der Waals surface area contributed by atoms with Crippen LogP contribution in [0.4, 0.5) is 0 Å². The quantitative estimate of drug-likeness (QED) is 0.769. The van der Waals surface area contributed by atoms with Crippen LogP contribution in [0.5, 0.6) is 5.75 Å². The van der Waals surface area contributed by atoms with Gasteiger partial charge in [-0.15, -0.1) is 0 Å². The lowest BCUT2D eigenvalue weighted by molar-refractivity contribution is -0.122. The van der Waals surface area contributed by atoms with Crippen molar-refractivity contribution in [1.29, 1.82) is 0 Å². The summed E-state index contributed by atoms with van der Waals surface area (Å²) in [5.41, 5.74) is 2.71. The summed E-state index contributed by atoms with van der Waals surface area (Å²) in [7, 11) is 2.23. The van der Waals surface area contributed by atoms with E-state index >= 15 is 0 Å². The van der Waals surface area contributed by atoms with Crippen LogP contribution in [0.1, 0.15) is 43.7 Å². The van der Waals surface area contributed by atoms with Crippen LogP contribution >= 0.6 is 0 Å². The first-order chi connectivity index (χ1) is 12.5. The smallest absolute Gasteiger partial charge is 0.237 e. The fraction of sp³-hybridized carbons (Fsp3) is 0.667. The van der Waals surface area contributed by atoms with Crippen LogP contribution in [0.25, 0.3) is 0 Å². The number of fused-ring (bicyclic) bond motifs is 4. The SMILES string of the molecule is C[C@H]1[C@H]2Cc3ccc(O)cc3[C@@]1(CCNC(=O)[C@@H]1CCCN1)CCN2C. The number of carbonyl (C=O) groups excluding carboxylic acids is 1. The Morgan fingerprint density at radius 2 is 2.31 bits per heavy atom. The summed E-state index contributed by atoms with van der Waals surface area (Å²) in [6, 6.07) is 6.41. The Kier molecular flexibility index (Phi) is 4.70. The fourth-order valence-electron chi connectivity index (χ4n) is 5.59. The van der Waals surface area contributed by atoms with Gasteiger partial charge in [0.15, 0.2) is 0 Å². The van der Waals surface area contributed by atoms with Gasteiger partial charge in [0.05, 0.1) is 6.04 Å². The van der Waals surface area contributed by atoms with E-state index in [-0.39, 0.29) is 17.4 Å². The second kappa shape index (κ2) is 6.86. The molecule has 0 unspecified atom stereocenters. The van der Waals surface area contributed by atoms with E-state index in [2.05, 4.69) is 35.6 Å². The first kappa shape index (κ1) is 17.8. The molecule has 4 atom stereocenters. The molecule has 2 aliphatic heterocycles. The molecule has 5 heteroatoms. The number of rotatable bonds is 4. The Morgan fingerprint density at radius 3 is 3.08 bits per heavy atom. The first-order valence-electron chi connectivity index (χ1n) is 10.0. The van der Waals surface area contributed by atoms with Crippen LogP contribution in [-0.4, -0.2) is 54.7 Å². The zero-order chi connectivity index (χ0) is 18.3. The zero-order valence-corrected chi connectivity index (χ0v) is 15.9. The van der Waals surface area contributed by atoms with Crippen molar-refractivity contribution in [2.45, 2.75) is 56.5 Å². The molecule has 4 rings (SSSR count). The first-order valence-corrected chi connectivity index (χ1v) is 10.0. The number of amides is 1. The van der Waals surface area contributed by atoms with Crippen molar-refractivity contribution in [3.63, 3.8) is 0 Å². The molecule has 1 aromatic carbocycles. The maximum Gasteiger partial charge on any atom is 0.237 e. The number of piperidine rings is 1. The van der Waals surface area contributed by atoms with Gasteiger partial charge in [0.25, 0.3) is 0 Å². The van der Waals surface area contributed by atoms with E-state index in [1.807, 2.05) is 12.1 Å². The average molecular weight is 357 g/mol. The number of carbonyl (C=O) groups is 1. The molecule has 0 saturated carbocycles. The van der Waals surface area contributed by atoms with Gasteiger partial charge in [-0.05, 0) is 81.4 Å². The Balaban J connectivity index is 1.55. The highest BCUT2D eigenvalue weighted by molar-refractivity contribution is 5.81. The van der Waals surface area contributed by atoms with Crippen LogP contribution in [0.2, 0.25) is 0 Å². The van der Waals surface area contributed by atoms with Crippen LogP contribution in [0.3, 0.4) is 0 Å². The minimum Gasteiger partial charge on any atom is -0.508 e. The Hall–Kier alpha value is -1.59. The van der Waals surface area contributed by atoms with Gasteiger partial charge in [-0.1, -0.05) is 13.0 Å². The number of phenols is 1. The lowest BCUT2D eigenvalue weighted by atomic mass is 9.56. The van der Waals surface area contributed by atoms with Crippen molar-refractivity contribution >= 4 is 5.91 Å². The maximum atomic E-state index is 12.4. The fourth-order valence-corrected chi connectivity index (χ4v) is 5.59. The number of aromatic hydroxyl groups is 1. The minimum atomic E-state index is -0.0159. The number of nitrogens with zero attached hydrogens (tertiary/aromatic N) is 1. The molecule has 142 valence electrons. The molecule has 5 nitrogen and oxygen atoms in total. The van der Waals surface area contributed by atoms with E-state index in [0.29, 0.717) is 24.3 Å². The van der Waals surface area contributed by atoms with Gasteiger partial charge >= 0.3 is 0 Å². The molecule has 0 spiro atoms. The largest absolute Gasteiger partial charge is 0.508 e. The van der Waals surface area contributed by atoms with E-state index < -0.39 is 0 Å². The molecule has 3 aliphatic rings. The lowest BCUT2D eigenvalue weighted by Crippen LogP contribution is -2.58. The molecule has 2 bridgehead atoms. The van der Waals surface area contributed by atoms with Gasteiger partial charge < -0.3 is 20.6 Å². The Bertz CT molecular complexity index is 686. The van der Waals surface area contributed by atoms with Crippen molar-refractivity contribution in [3.05, 3.63) is 29.3 Å². The lowest BCUT2D eigenvalue weighted by Gasteiger charge is -2.55. The van der Waals surface area contributed by atoms with Crippen molar-refractivity contribution in [3.8, 4) is 5.75 Å². The van der Waals surface area contributed by atoms with Crippen LogP contribution in [0, 0.1) is 5.92 Å². The second-order valence-electron chi connectivity index (χ2n) is 8.48. The van der Waals surface area contributed by atoms with E-state index in [4.69, 9.17) is 0 Å². The highest BCUT2D eigenvalue weighted by Gasteiger charge is 2.50. The molecular weight excluding hydrogens is 326 g/mol. The van der Waals surface area contributed by atoms with Crippen molar-refractivity contribution < 1.29 is 9.90 Å². The van der Waals surface area contributed by atoms with Crippen LogP contribution < -0.4 is 10.6 Å². The summed E-state index contributed by atoms with van der Waals surface area (Å²) in [6.07, 6.45) is 5.09. The van der Waals surface area contributed by atoms with E-state index in [1.54, 1.807) is 0 Å². The molecule has 3 N–H and O–H groups in total. The summed E-state index contributed by atoms with van der Waals surface area (Å²) in [4.78, 5) is 14.9. The molecule has 1 aromatic rings. The number of phenolic OH excluding ortho intramolecular Hbond substituents is 1. The maximum absolute atomic E-state index is 12.4. The van der Waals surface area contributed by atoms with Gasteiger partial charge in [0.1, 0.15) is 5.75 Å².